The number of hydrogen-bond donors (Lipinski definition) is 2. The summed E-state index contributed by atoms with van der Waals surface area (Å²) in [6.45, 7) is 1.79. The minimum atomic E-state index is -1.83. The molecule has 2 N–H and O–H groups in total. The molecule has 0 aliphatic carbocycles. The molecule has 0 fully saturated rings. The maximum Gasteiger partial charge on any atom is 0.338 e. The van der Waals surface area contributed by atoms with Crippen LogP contribution in [-0.4, -0.2) is 42.3 Å². The van der Waals surface area contributed by atoms with Gasteiger partial charge in [0.25, 0.3) is 5.79 Å². The van der Waals surface area contributed by atoms with Gasteiger partial charge in [0, 0.05) is 12.7 Å². The summed E-state index contributed by atoms with van der Waals surface area (Å²) in [7, 11) is 1.39. The fourth-order valence-electron chi connectivity index (χ4n) is 2.00. The second-order valence-electron chi connectivity index (χ2n) is 4.26. The number of ether oxygens (including phenoxy) is 3. The van der Waals surface area contributed by atoms with Crippen LogP contribution in [0.3, 0.4) is 0 Å². The normalized spacial score (nSPS) is 24.7. The molecular formula is C13H16O6. The Morgan fingerprint density at radius 3 is 2.89 bits per heavy atom. The van der Waals surface area contributed by atoms with Gasteiger partial charge in [0.05, 0.1) is 12.2 Å². The summed E-state index contributed by atoms with van der Waals surface area (Å²) in [5.41, 5.74) is 0.634. The highest BCUT2D eigenvalue weighted by Gasteiger charge is 2.47. The van der Waals surface area contributed by atoms with E-state index < -0.39 is 17.9 Å². The second kappa shape index (κ2) is 5.16. The molecule has 0 amide bonds. The van der Waals surface area contributed by atoms with Gasteiger partial charge >= 0.3 is 5.97 Å². The van der Waals surface area contributed by atoms with Crippen molar-refractivity contribution >= 4 is 5.97 Å². The van der Waals surface area contributed by atoms with E-state index in [-0.39, 0.29) is 13.2 Å². The van der Waals surface area contributed by atoms with Crippen molar-refractivity contribution in [1.29, 1.82) is 0 Å². The summed E-state index contributed by atoms with van der Waals surface area (Å²) in [6, 6.07) is 4.48. The van der Waals surface area contributed by atoms with E-state index in [1.807, 2.05) is 0 Å². The van der Waals surface area contributed by atoms with Gasteiger partial charge in [-0.15, -0.1) is 0 Å². The average molecular weight is 268 g/mol. The summed E-state index contributed by atoms with van der Waals surface area (Å²) in [5, 5.41) is 20.2. The molecule has 1 aromatic rings. The van der Waals surface area contributed by atoms with Gasteiger partial charge in [-0.25, -0.2) is 4.79 Å². The molecule has 2 unspecified atom stereocenters. The average Bonchev–Trinajstić information content (AvgIpc) is 2.62. The third-order valence-corrected chi connectivity index (χ3v) is 2.88. The van der Waals surface area contributed by atoms with E-state index in [0.29, 0.717) is 16.9 Å². The van der Waals surface area contributed by atoms with Crippen molar-refractivity contribution in [2.24, 2.45) is 0 Å². The first-order valence-electron chi connectivity index (χ1n) is 5.91. The van der Waals surface area contributed by atoms with Crippen LogP contribution in [0.25, 0.3) is 0 Å². The second-order valence-corrected chi connectivity index (χ2v) is 4.26. The highest BCUT2D eigenvalue weighted by molar-refractivity contribution is 5.90. The summed E-state index contributed by atoms with van der Waals surface area (Å²) in [6.07, 6.45) is -1.28. The molecule has 0 saturated heterocycles. The summed E-state index contributed by atoms with van der Waals surface area (Å²) < 4.78 is 15.0. The van der Waals surface area contributed by atoms with Crippen LogP contribution >= 0.6 is 0 Å². The van der Waals surface area contributed by atoms with Crippen LogP contribution in [0.5, 0.6) is 5.75 Å². The summed E-state index contributed by atoms with van der Waals surface area (Å²) in [4.78, 5) is 11.6. The van der Waals surface area contributed by atoms with Crippen LogP contribution in [-0.2, 0) is 9.47 Å². The molecule has 1 aromatic carbocycles. The zero-order valence-electron chi connectivity index (χ0n) is 10.8. The minimum Gasteiger partial charge on any atom is -0.462 e. The molecule has 2 rings (SSSR count). The molecule has 104 valence electrons. The number of benzene rings is 1. The van der Waals surface area contributed by atoms with Crippen molar-refractivity contribution in [2.45, 2.75) is 18.8 Å². The molecule has 0 radical (unpaired) electrons. The predicted molar refractivity (Wildman–Crippen MR) is 64.8 cm³/mol. The standard InChI is InChI=1S/C13H16O6/c1-3-18-12(15)8-4-5-10-9(6-8)11(14)13(16,19-10)7-17-2/h4-6,11,14,16H,3,7H2,1-2H3. The number of esters is 1. The van der Waals surface area contributed by atoms with Crippen molar-refractivity contribution in [3.8, 4) is 5.75 Å². The fraction of sp³-hybridized carbons (Fsp3) is 0.462. The van der Waals surface area contributed by atoms with Gasteiger partial charge in [-0.3, -0.25) is 0 Å². The van der Waals surface area contributed by atoms with Crippen molar-refractivity contribution in [1.82, 2.24) is 0 Å². The lowest BCUT2D eigenvalue weighted by molar-refractivity contribution is -0.215. The quantitative estimate of drug-likeness (QED) is 0.779. The zero-order valence-corrected chi connectivity index (χ0v) is 10.8. The Bertz CT molecular complexity index is 486. The molecule has 6 heteroatoms. The van der Waals surface area contributed by atoms with E-state index in [2.05, 4.69) is 0 Å². The van der Waals surface area contributed by atoms with Crippen LogP contribution in [0.15, 0.2) is 18.2 Å². The van der Waals surface area contributed by atoms with E-state index >= 15 is 0 Å². The van der Waals surface area contributed by atoms with Gasteiger partial charge in [-0.1, -0.05) is 0 Å². The van der Waals surface area contributed by atoms with Crippen molar-refractivity contribution < 1.29 is 29.2 Å². The number of aliphatic hydroxyl groups is 2. The number of rotatable bonds is 4. The van der Waals surface area contributed by atoms with Crippen LogP contribution < -0.4 is 4.74 Å². The van der Waals surface area contributed by atoms with Gasteiger partial charge < -0.3 is 24.4 Å². The number of carbonyl (C=O) groups is 1. The Balaban J connectivity index is 2.29. The maximum absolute atomic E-state index is 11.6. The molecular weight excluding hydrogens is 252 g/mol. The molecule has 0 aromatic heterocycles. The molecule has 1 aliphatic heterocycles. The monoisotopic (exact) mass is 268 g/mol. The van der Waals surface area contributed by atoms with Crippen LogP contribution in [0, 0.1) is 0 Å². The molecule has 6 nitrogen and oxygen atoms in total. The predicted octanol–water partition coefficient (Wildman–Crippen LogP) is 0.624. The molecule has 0 saturated carbocycles. The van der Waals surface area contributed by atoms with E-state index in [0.717, 1.165) is 0 Å². The first kappa shape index (κ1) is 13.8. The molecule has 1 heterocycles. The Kier molecular flexibility index (Phi) is 3.75. The summed E-state index contributed by atoms with van der Waals surface area (Å²) in [5.74, 6) is -2.00. The number of carbonyl (C=O) groups excluding carboxylic acids is 1. The Hall–Kier alpha value is -1.63. The Morgan fingerprint density at radius 2 is 2.26 bits per heavy atom. The van der Waals surface area contributed by atoms with Gasteiger partial charge in [0.1, 0.15) is 12.4 Å². The third-order valence-electron chi connectivity index (χ3n) is 2.88. The van der Waals surface area contributed by atoms with Crippen LogP contribution in [0.2, 0.25) is 0 Å². The largest absolute Gasteiger partial charge is 0.462 e. The van der Waals surface area contributed by atoms with E-state index in [9.17, 15) is 15.0 Å². The molecule has 2 atom stereocenters. The third kappa shape index (κ3) is 2.42. The van der Waals surface area contributed by atoms with Gasteiger partial charge in [0.2, 0.25) is 0 Å². The topological polar surface area (TPSA) is 85.2 Å². The number of hydrogen-bond acceptors (Lipinski definition) is 6. The highest BCUT2D eigenvalue weighted by Crippen LogP contribution is 2.42. The first-order valence-corrected chi connectivity index (χ1v) is 5.91. The van der Waals surface area contributed by atoms with E-state index in [1.165, 1.54) is 25.3 Å². The fourth-order valence-corrected chi connectivity index (χ4v) is 2.00. The Morgan fingerprint density at radius 1 is 1.53 bits per heavy atom. The van der Waals surface area contributed by atoms with Gasteiger partial charge in [0.15, 0.2) is 6.10 Å². The van der Waals surface area contributed by atoms with Crippen molar-refractivity contribution in [3.05, 3.63) is 29.3 Å². The molecule has 0 spiro atoms. The number of aliphatic hydroxyl groups excluding tert-OH is 1. The minimum absolute atomic E-state index is 0.183. The van der Waals surface area contributed by atoms with E-state index in [1.54, 1.807) is 6.92 Å². The Labute approximate surface area is 110 Å². The summed E-state index contributed by atoms with van der Waals surface area (Å²) >= 11 is 0. The smallest absolute Gasteiger partial charge is 0.338 e. The van der Waals surface area contributed by atoms with Gasteiger partial charge in [-0.05, 0) is 25.1 Å². The molecule has 19 heavy (non-hydrogen) atoms. The van der Waals surface area contributed by atoms with Gasteiger partial charge in [-0.2, -0.15) is 0 Å². The zero-order chi connectivity index (χ0) is 14.0. The van der Waals surface area contributed by atoms with Crippen LogP contribution in [0.1, 0.15) is 28.9 Å². The molecule has 1 aliphatic rings. The molecule has 0 bridgehead atoms. The van der Waals surface area contributed by atoms with Crippen LogP contribution in [0.4, 0.5) is 0 Å². The first-order chi connectivity index (χ1) is 9.01. The maximum atomic E-state index is 11.6. The van der Waals surface area contributed by atoms with Crippen molar-refractivity contribution in [3.63, 3.8) is 0 Å². The lowest BCUT2D eigenvalue weighted by Crippen LogP contribution is -2.42. The van der Waals surface area contributed by atoms with E-state index in [4.69, 9.17) is 14.2 Å². The lowest BCUT2D eigenvalue weighted by atomic mass is 10.0. The number of fused-ring (bicyclic) bond motifs is 1. The highest BCUT2D eigenvalue weighted by atomic mass is 16.7. The lowest BCUT2D eigenvalue weighted by Gasteiger charge is -2.24. The van der Waals surface area contributed by atoms with Crippen molar-refractivity contribution in [2.75, 3.05) is 20.3 Å². The SMILES string of the molecule is CCOC(=O)c1ccc2c(c1)C(O)C(O)(COC)O2. The number of methoxy groups -OCH3 is 1.